The summed E-state index contributed by atoms with van der Waals surface area (Å²) >= 11 is 0. The monoisotopic (exact) mass is 168 g/mol. The number of hydrogen-bond donors (Lipinski definition) is 1. The number of rotatable bonds is 1. The molecule has 68 valence electrons. The molecule has 1 N–H and O–H groups in total. The molecular formula is C9H16N2O. The van der Waals surface area contributed by atoms with Crippen LogP contribution < -0.4 is 5.32 Å². The Morgan fingerprint density at radius 3 is 2.58 bits per heavy atom. The van der Waals surface area contributed by atoms with E-state index in [1.54, 1.807) is 4.90 Å². The lowest BCUT2D eigenvalue weighted by molar-refractivity contribution is -0.130. The molecule has 2 aliphatic rings. The Kier molecular flexibility index (Phi) is 1.65. The maximum absolute atomic E-state index is 11.5. The van der Waals surface area contributed by atoms with Crippen LogP contribution in [0.5, 0.6) is 0 Å². The van der Waals surface area contributed by atoms with Gasteiger partial charge in [0, 0.05) is 20.6 Å². The topological polar surface area (TPSA) is 32.3 Å². The Morgan fingerprint density at radius 1 is 1.50 bits per heavy atom. The van der Waals surface area contributed by atoms with Crippen LogP contribution in [0.25, 0.3) is 0 Å². The van der Waals surface area contributed by atoms with Crippen LogP contribution >= 0.6 is 0 Å². The molecule has 1 aliphatic heterocycles. The van der Waals surface area contributed by atoms with Crippen molar-refractivity contribution in [1.29, 1.82) is 0 Å². The second-order valence-corrected chi connectivity index (χ2v) is 4.37. The SMILES string of the molecule is CN(C)C(=O)[C@H]1CC2(CC2)CN1. The molecule has 3 heteroatoms. The summed E-state index contributed by atoms with van der Waals surface area (Å²) in [6, 6.07) is 0.0995. The summed E-state index contributed by atoms with van der Waals surface area (Å²) in [6.45, 7) is 1.05. The summed E-state index contributed by atoms with van der Waals surface area (Å²) < 4.78 is 0. The Morgan fingerprint density at radius 2 is 2.17 bits per heavy atom. The second-order valence-electron chi connectivity index (χ2n) is 4.37. The van der Waals surface area contributed by atoms with Crippen LogP contribution in [0.4, 0.5) is 0 Å². The first-order chi connectivity index (χ1) is 5.63. The van der Waals surface area contributed by atoms with Gasteiger partial charge in [0.05, 0.1) is 6.04 Å². The van der Waals surface area contributed by atoms with Crippen LogP contribution in [-0.2, 0) is 4.79 Å². The molecule has 1 aliphatic carbocycles. The van der Waals surface area contributed by atoms with Gasteiger partial charge in [-0.2, -0.15) is 0 Å². The van der Waals surface area contributed by atoms with Crippen LogP contribution in [-0.4, -0.2) is 37.5 Å². The number of amides is 1. The van der Waals surface area contributed by atoms with Gasteiger partial charge in [0.1, 0.15) is 0 Å². The molecule has 2 fully saturated rings. The fourth-order valence-corrected chi connectivity index (χ4v) is 1.96. The highest BCUT2D eigenvalue weighted by atomic mass is 16.2. The first-order valence-corrected chi connectivity index (χ1v) is 4.58. The van der Waals surface area contributed by atoms with Crippen LogP contribution in [0, 0.1) is 5.41 Å². The molecule has 0 aromatic heterocycles. The number of hydrogen-bond acceptors (Lipinski definition) is 2. The van der Waals surface area contributed by atoms with E-state index in [1.807, 2.05) is 14.1 Å². The fourth-order valence-electron chi connectivity index (χ4n) is 1.96. The summed E-state index contributed by atoms with van der Waals surface area (Å²) in [6.07, 6.45) is 3.69. The van der Waals surface area contributed by atoms with E-state index in [9.17, 15) is 4.79 Å². The van der Waals surface area contributed by atoms with Gasteiger partial charge in [-0.05, 0) is 24.7 Å². The second kappa shape index (κ2) is 2.46. The molecule has 2 rings (SSSR count). The van der Waals surface area contributed by atoms with E-state index in [2.05, 4.69) is 5.32 Å². The van der Waals surface area contributed by atoms with E-state index in [0.717, 1.165) is 13.0 Å². The lowest BCUT2D eigenvalue weighted by Crippen LogP contribution is -2.39. The zero-order valence-corrected chi connectivity index (χ0v) is 7.76. The fraction of sp³-hybridized carbons (Fsp3) is 0.889. The number of nitrogens with one attached hydrogen (secondary N) is 1. The standard InChI is InChI=1S/C9H16N2O/c1-11(2)8(12)7-5-9(3-4-9)6-10-7/h7,10H,3-6H2,1-2H3/t7-/m1/s1. The Balaban J connectivity index is 1.94. The third-order valence-electron chi connectivity index (χ3n) is 3.06. The Bertz CT molecular complexity index is 209. The first-order valence-electron chi connectivity index (χ1n) is 4.58. The van der Waals surface area contributed by atoms with E-state index in [4.69, 9.17) is 0 Å². The Hall–Kier alpha value is -0.570. The molecule has 1 saturated heterocycles. The van der Waals surface area contributed by atoms with Crippen LogP contribution in [0.2, 0.25) is 0 Å². The molecule has 0 radical (unpaired) electrons. The summed E-state index contributed by atoms with van der Waals surface area (Å²) in [5.41, 5.74) is 0.524. The molecular weight excluding hydrogens is 152 g/mol. The number of likely N-dealkylation sites (N-methyl/N-ethyl adjacent to an activating group) is 1. The molecule has 1 heterocycles. The number of carbonyl (C=O) groups excluding carboxylic acids is 1. The van der Waals surface area contributed by atoms with E-state index in [-0.39, 0.29) is 11.9 Å². The van der Waals surface area contributed by atoms with Gasteiger partial charge >= 0.3 is 0 Å². The molecule has 0 unspecified atom stereocenters. The number of nitrogens with zero attached hydrogens (tertiary/aromatic N) is 1. The minimum atomic E-state index is 0.0995. The minimum absolute atomic E-state index is 0.0995. The smallest absolute Gasteiger partial charge is 0.239 e. The van der Waals surface area contributed by atoms with Crippen molar-refractivity contribution in [2.45, 2.75) is 25.3 Å². The molecule has 1 amide bonds. The van der Waals surface area contributed by atoms with Crippen molar-refractivity contribution in [3.05, 3.63) is 0 Å². The van der Waals surface area contributed by atoms with Gasteiger partial charge in [-0.1, -0.05) is 0 Å². The highest BCUT2D eigenvalue weighted by Crippen LogP contribution is 2.51. The molecule has 0 aromatic rings. The van der Waals surface area contributed by atoms with Gasteiger partial charge in [-0.15, -0.1) is 0 Å². The highest BCUT2D eigenvalue weighted by Gasteiger charge is 2.50. The van der Waals surface area contributed by atoms with Crippen molar-refractivity contribution in [2.75, 3.05) is 20.6 Å². The third kappa shape index (κ3) is 1.22. The number of carbonyl (C=O) groups is 1. The maximum Gasteiger partial charge on any atom is 0.239 e. The van der Waals surface area contributed by atoms with Crippen molar-refractivity contribution < 1.29 is 4.79 Å². The predicted molar refractivity (Wildman–Crippen MR) is 46.8 cm³/mol. The van der Waals surface area contributed by atoms with Crippen molar-refractivity contribution in [2.24, 2.45) is 5.41 Å². The normalized spacial score (nSPS) is 30.7. The van der Waals surface area contributed by atoms with E-state index in [1.165, 1.54) is 12.8 Å². The van der Waals surface area contributed by atoms with Crippen LogP contribution in [0.1, 0.15) is 19.3 Å². The van der Waals surface area contributed by atoms with Crippen molar-refractivity contribution >= 4 is 5.91 Å². The zero-order chi connectivity index (χ0) is 8.77. The summed E-state index contributed by atoms with van der Waals surface area (Å²) in [5.74, 6) is 0.235. The molecule has 1 spiro atoms. The van der Waals surface area contributed by atoms with Gasteiger partial charge in [0.15, 0.2) is 0 Å². The van der Waals surface area contributed by atoms with Crippen LogP contribution in [0.3, 0.4) is 0 Å². The largest absolute Gasteiger partial charge is 0.347 e. The first kappa shape index (κ1) is 8.05. The lowest BCUT2D eigenvalue weighted by Gasteiger charge is -2.15. The lowest BCUT2D eigenvalue weighted by atomic mass is 10.0. The third-order valence-corrected chi connectivity index (χ3v) is 3.06. The quantitative estimate of drug-likeness (QED) is 0.607. The minimum Gasteiger partial charge on any atom is -0.347 e. The summed E-state index contributed by atoms with van der Waals surface area (Å²) in [7, 11) is 3.64. The Labute approximate surface area is 73.1 Å². The van der Waals surface area contributed by atoms with Crippen molar-refractivity contribution in [3.8, 4) is 0 Å². The molecule has 3 nitrogen and oxygen atoms in total. The van der Waals surface area contributed by atoms with E-state index < -0.39 is 0 Å². The molecule has 1 atom stereocenters. The van der Waals surface area contributed by atoms with Crippen molar-refractivity contribution in [3.63, 3.8) is 0 Å². The van der Waals surface area contributed by atoms with Gasteiger partial charge in [-0.3, -0.25) is 4.79 Å². The predicted octanol–water partition coefficient (Wildman–Crippen LogP) is 0.217. The molecule has 12 heavy (non-hydrogen) atoms. The summed E-state index contributed by atoms with van der Waals surface area (Å²) in [4.78, 5) is 13.2. The highest BCUT2D eigenvalue weighted by molar-refractivity contribution is 5.81. The van der Waals surface area contributed by atoms with Crippen molar-refractivity contribution in [1.82, 2.24) is 10.2 Å². The van der Waals surface area contributed by atoms with E-state index in [0.29, 0.717) is 5.41 Å². The zero-order valence-electron chi connectivity index (χ0n) is 7.76. The van der Waals surface area contributed by atoms with Gasteiger partial charge in [0.25, 0.3) is 0 Å². The average Bonchev–Trinajstić information content (AvgIpc) is 2.61. The van der Waals surface area contributed by atoms with Crippen LogP contribution in [0.15, 0.2) is 0 Å². The maximum atomic E-state index is 11.5. The molecule has 0 bridgehead atoms. The average molecular weight is 168 g/mol. The molecule has 0 aromatic carbocycles. The molecule has 1 saturated carbocycles. The van der Waals surface area contributed by atoms with Gasteiger partial charge in [0.2, 0.25) is 5.91 Å². The summed E-state index contributed by atoms with van der Waals surface area (Å²) in [5, 5.41) is 3.30. The van der Waals surface area contributed by atoms with Gasteiger partial charge in [-0.25, -0.2) is 0 Å². The van der Waals surface area contributed by atoms with E-state index >= 15 is 0 Å². The van der Waals surface area contributed by atoms with Gasteiger partial charge < -0.3 is 10.2 Å².